The Labute approximate surface area is 114 Å². The quantitative estimate of drug-likeness (QED) is 0.909. The van der Waals surface area contributed by atoms with E-state index in [1.807, 2.05) is 18.5 Å². The molecule has 5 nitrogen and oxygen atoms in total. The summed E-state index contributed by atoms with van der Waals surface area (Å²) in [5, 5.41) is 13.5. The Bertz CT molecular complexity index is 432. The van der Waals surface area contributed by atoms with Crippen LogP contribution in [-0.4, -0.2) is 38.8 Å². The van der Waals surface area contributed by atoms with Gasteiger partial charge in [-0.3, -0.25) is 9.58 Å². The van der Waals surface area contributed by atoms with Crippen molar-refractivity contribution in [3.8, 4) is 0 Å². The number of aromatic nitrogens is 2. The van der Waals surface area contributed by atoms with Crippen LogP contribution in [0.1, 0.15) is 61.6 Å². The molecule has 1 aliphatic rings. The molecular weight excluding hydrogens is 242 g/mol. The predicted octanol–water partition coefficient (Wildman–Crippen LogP) is 2.54. The van der Waals surface area contributed by atoms with Gasteiger partial charge in [0.25, 0.3) is 0 Å². The fourth-order valence-corrected chi connectivity index (χ4v) is 2.67. The van der Waals surface area contributed by atoms with Crippen molar-refractivity contribution < 1.29 is 9.90 Å². The summed E-state index contributed by atoms with van der Waals surface area (Å²) in [6, 6.07) is 0.190. The molecule has 2 heterocycles. The first-order valence-electron chi connectivity index (χ1n) is 7.11. The van der Waals surface area contributed by atoms with E-state index in [0.717, 1.165) is 18.8 Å². The van der Waals surface area contributed by atoms with Gasteiger partial charge in [-0.05, 0) is 39.8 Å². The van der Waals surface area contributed by atoms with Crippen molar-refractivity contribution in [1.82, 2.24) is 14.7 Å². The molecule has 1 aromatic heterocycles. The third-order valence-corrected chi connectivity index (χ3v) is 3.69. The summed E-state index contributed by atoms with van der Waals surface area (Å²) in [5.74, 6) is -0.878. The Kier molecular flexibility index (Phi) is 4.58. The largest absolute Gasteiger partial charge is 0.478 e. The summed E-state index contributed by atoms with van der Waals surface area (Å²) in [7, 11) is 0. The lowest BCUT2D eigenvalue weighted by atomic mass is 10.2. The molecule has 1 saturated heterocycles. The van der Waals surface area contributed by atoms with Crippen LogP contribution in [0.5, 0.6) is 0 Å². The monoisotopic (exact) mass is 265 g/mol. The summed E-state index contributed by atoms with van der Waals surface area (Å²) in [5.41, 5.74) is 1.18. The lowest BCUT2D eigenvalue weighted by molar-refractivity contribution is 0.0694. The van der Waals surface area contributed by atoms with E-state index in [2.05, 4.69) is 10.00 Å². The average molecular weight is 265 g/mol. The molecule has 19 heavy (non-hydrogen) atoms. The fraction of sp³-hybridized carbons (Fsp3) is 0.714. The van der Waals surface area contributed by atoms with Gasteiger partial charge in [0.2, 0.25) is 0 Å². The van der Waals surface area contributed by atoms with Crippen LogP contribution in [0.4, 0.5) is 0 Å². The minimum Gasteiger partial charge on any atom is -0.478 e. The zero-order valence-corrected chi connectivity index (χ0v) is 11.8. The molecule has 0 aliphatic carbocycles. The van der Waals surface area contributed by atoms with Gasteiger partial charge >= 0.3 is 5.97 Å². The lowest BCUT2D eigenvalue weighted by Gasteiger charge is -2.21. The molecule has 0 bridgehead atoms. The molecule has 106 valence electrons. The topological polar surface area (TPSA) is 58.4 Å². The highest BCUT2D eigenvalue weighted by molar-refractivity contribution is 5.88. The van der Waals surface area contributed by atoms with Gasteiger partial charge in [-0.15, -0.1) is 0 Å². The van der Waals surface area contributed by atoms with Gasteiger partial charge in [0.15, 0.2) is 0 Å². The minimum atomic E-state index is -0.878. The van der Waals surface area contributed by atoms with Crippen molar-refractivity contribution in [2.24, 2.45) is 0 Å². The van der Waals surface area contributed by atoms with E-state index in [0.29, 0.717) is 12.1 Å². The van der Waals surface area contributed by atoms with Gasteiger partial charge in [-0.1, -0.05) is 12.8 Å². The van der Waals surface area contributed by atoms with E-state index < -0.39 is 5.97 Å². The highest BCUT2D eigenvalue weighted by Gasteiger charge is 2.21. The van der Waals surface area contributed by atoms with E-state index in [1.165, 1.54) is 31.9 Å². The molecule has 1 aliphatic heterocycles. The Morgan fingerprint density at radius 2 is 1.95 bits per heavy atom. The molecule has 0 unspecified atom stereocenters. The van der Waals surface area contributed by atoms with Crippen molar-refractivity contribution in [1.29, 1.82) is 0 Å². The Morgan fingerprint density at radius 3 is 2.47 bits per heavy atom. The van der Waals surface area contributed by atoms with Crippen molar-refractivity contribution in [3.63, 3.8) is 0 Å². The molecule has 1 fully saturated rings. The highest BCUT2D eigenvalue weighted by atomic mass is 16.4. The van der Waals surface area contributed by atoms with Crippen LogP contribution in [0.2, 0.25) is 0 Å². The van der Waals surface area contributed by atoms with Crippen LogP contribution in [0.3, 0.4) is 0 Å². The lowest BCUT2D eigenvalue weighted by Crippen LogP contribution is -2.27. The molecular formula is C14H23N3O2. The van der Waals surface area contributed by atoms with E-state index in [9.17, 15) is 9.90 Å². The van der Waals surface area contributed by atoms with Crippen LogP contribution in [-0.2, 0) is 6.54 Å². The number of carbonyl (C=O) groups is 1. The Morgan fingerprint density at radius 1 is 1.32 bits per heavy atom. The number of nitrogens with zero attached hydrogens (tertiary/aromatic N) is 3. The second-order valence-corrected chi connectivity index (χ2v) is 5.54. The highest BCUT2D eigenvalue weighted by Crippen LogP contribution is 2.19. The van der Waals surface area contributed by atoms with E-state index in [4.69, 9.17) is 0 Å². The van der Waals surface area contributed by atoms with Crippen LogP contribution in [0.25, 0.3) is 0 Å². The van der Waals surface area contributed by atoms with E-state index in [1.54, 1.807) is 0 Å². The Balaban J connectivity index is 2.20. The number of carboxylic acid groups (broad SMARTS) is 1. The maximum absolute atomic E-state index is 11.3. The van der Waals surface area contributed by atoms with Crippen LogP contribution in [0, 0.1) is 0 Å². The van der Waals surface area contributed by atoms with Crippen LogP contribution < -0.4 is 0 Å². The second kappa shape index (κ2) is 6.19. The summed E-state index contributed by atoms with van der Waals surface area (Å²) >= 11 is 0. The SMILES string of the molecule is CC(C)n1ncc(C(=O)O)c1CN1CCCCCC1. The molecule has 0 aromatic carbocycles. The van der Waals surface area contributed by atoms with E-state index >= 15 is 0 Å². The zero-order valence-electron chi connectivity index (χ0n) is 11.8. The number of aromatic carboxylic acids is 1. The maximum Gasteiger partial charge on any atom is 0.339 e. The number of carboxylic acids is 1. The second-order valence-electron chi connectivity index (χ2n) is 5.54. The van der Waals surface area contributed by atoms with Crippen molar-refractivity contribution in [2.45, 2.75) is 52.1 Å². The van der Waals surface area contributed by atoms with E-state index in [-0.39, 0.29) is 6.04 Å². The summed E-state index contributed by atoms with van der Waals surface area (Å²) < 4.78 is 1.84. The molecule has 0 saturated carbocycles. The van der Waals surface area contributed by atoms with Crippen molar-refractivity contribution in [3.05, 3.63) is 17.5 Å². The van der Waals surface area contributed by atoms with Crippen molar-refractivity contribution >= 4 is 5.97 Å². The van der Waals surface area contributed by atoms with Gasteiger partial charge in [-0.25, -0.2) is 4.79 Å². The standard InChI is InChI=1S/C14H23N3O2/c1-11(2)17-13(12(9-15-17)14(18)19)10-16-7-5-3-4-6-8-16/h9,11H,3-8,10H2,1-2H3,(H,18,19). The average Bonchev–Trinajstić information content (AvgIpc) is 2.59. The predicted molar refractivity (Wildman–Crippen MR) is 73.3 cm³/mol. The van der Waals surface area contributed by atoms with Gasteiger partial charge in [0, 0.05) is 12.6 Å². The van der Waals surface area contributed by atoms with Crippen molar-refractivity contribution in [2.75, 3.05) is 13.1 Å². The third kappa shape index (κ3) is 3.35. The van der Waals surface area contributed by atoms with Gasteiger partial charge in [0.05, 0.1) is 11.9 Å². The summed E-state index contributed by atoms with van der Waals surface area (Å²) in [6.45, 7) is 6.87. The first-order chi connectivity index (χ1) is 9.09. The van der Waals surface area contributed by atoms with Gasteiger partial charge < -0.3 is 5.11 Å². The number of rotatable bonds is 4. The number of hydrogen-bond donors (Lipinski definition) is 1. The smallest absolute Gasteiger partial charge is 0.339 e. The number of likely N-dealkylation sites (tertiary alicyclic amines) is 1. The molecule has 0 spiro atoms. The van der Waals surface area contributed by atoms with Gasteiger partial charge in [-0.2, -0.15) is 5.10 Å². The Hall–Kier alpha value is -1.36. The first-order valence-corrected chi connectivity index (χ1v) is 7.11. The minimum absolute atomic E-state index is 0.190. The molecule has 0 amide bonds. The summed E-state index contributed by atoms with van der Waals surface area (Å²) in [6.07, 6.45) is 6.46. The van der Waals surface area contributed by atoms with Gasteiger partial charge in [0.1, 0.15) is 5.56 Å². The maximum atomic E-state index is 11.3. The molecule has 0 radical (unpaired) electrons. The number of hydrogen-bond acceptors (Lipinski definition) is 3. The van der Waals surface area contributed by atoms with Crippen LogP contribution in [0.15, 0.2) is 6.20 Å². The molecule has 1 N–H and O–H groups in total. The molecule has 5 heteroatoms. The third-order valence-electron chi connectivity index (χ3n) is 3.69. The van der Waals surface area contributed by atoms with Crippen LogP contribution >= 0.6 is 0 Å². The fourth-order valence-electron chi connectivity index (χ4n) is 2.67. The molecule has 1 aromatic rings. The molecule has 2 rings (SSSR count). The zero-order chi connectivity index (χ0) is 13.8. The summed E-state index contributed by atoms with van der Waals surface area (Å²) in [4.78, 5) is 13.7. The molecule has 0 atom stereocenters. The normalized spacial score (nSPS) is 17.6. The first kappa shape index (κ1) is 14.1.